The van der Waals surface area contributed by atoms with Crippen molar-refractivity contribution >= 4 is 23.5 Å². The van der Waals surface area contributed by atoms with Crippen LogP contribution in [0.5, 0.6) is 0 Å². The van der Waals surface area contributed by atoms with Crippen molar-refractivity contribution < 1.29 is 9.53 Å². The molecular formula is C27H39N5O2S. The third-order valence-corrected chi connectivity index (χ3v) is 7.91. The molecule has 2 aromatic rings. The SMILES string of the molecule is CCc1cc(N(C)C2CCCCC2)nc(SCc2ccc(C(=O)NCCN3CCOCC3)cc2)n1. The van der Waals surface area contributed by atoms with Gasteiger partial charge < -0.3 is 15.0 Å². The molecule has 1 N–H and O–H groups in total. The van der Waals surface area contributed by atoms with Crippen molar-refractivity contribution in [2.24, 2.45) is 0 Å². The molecule has 190 valence electrons. The van der Waals surface area contributed by atoms with Gasteiger partial charge in [0.05, 0.1) is 13.2 Å². The number of ether oxygens (including phenoxy) is 1. The number of benzene rings is 1. The topological polar surface area (TPSA) is 70.6 Å². The van der Waals surface area contributed by atoms with Crippen LogP contribution in [0.1, 0.15) is 60.6 Å². The Bertz CT molecular complexity index is 943. The fourth-order valence-electron chi connectivity index (χ4n) is 4.70. The standard InChI is InChI=1S/C27H39N5O2S/c1-3-23-19-25(31(2)24-7-5-4-6-8-24)30-27(29-23)35-20-21-9-11-22(12-10-21)26(33)28-13-14-32-15-17-34-18-16-32/h9-12,19,24H,3-8,13-18,20H2,1-2H3,(H,28,33). The van der Waals surface area contributed by atoms with Gasteiger partial charge in [0, 0.05) is 62.3 Å². The Kier molecular flexibility index (Phi) is 9.80. The van der Waals surface area contributed by atoms with Gasteiger partial charge in [0.1, 0.15) is 5.82 Å². The lowest BCUT2D eigenvalue weighted by molar-refractivity contribution is 0.0383. The molecule has 2 fully saturated rings. The first-order valence-corrected chi connectivity index (χ1v) is 14.0. The van der Waals surface area contributed by atoms with Crippen LogP contribution in [-0.4, -0.2) is 73.3 Å². The van der Waals surface area contributed by atoms with E-state index in [4.69, 9.17) is 14.7 Å². The average Bonchev–Trinajstić information content (AvgIpc) is 2.92. The van der Waals surface area contributed by atoms with E-state index in [0.717, 1.165) is 67.3 Å². The van der Waals surface area contributed by atoms with Crippen molar-refractivity contribution in [2.75, 3.05) is 51.3 Å². The molecule has 8 heteroatoms. The van der Waals surface area contributed by atoms with Gasteiger partial charge in [-0.25, -0.2) is 9.97 Å². The molecule has 1 saturated heterocycles. The summed E-state index contributed by atoms with van der Waals surface area (Å²) in [4.78, 5) is 26.8. The molecule has 1 aromatic carbocycles. The zero-order valence-electron chi connectivity index (χ0n) is 21.2. The number of aryl methyl sites for hydroxylation is 1. The Morgan fingerprint density at radius 3 is 2.60 bits per heavy atom. The highest BCUT2D eigenvalue weighted by molar-refractivity contribution is 7.98. The highest BCUT2D eigenvalue weighted by Crippen LogP contribution is 2.28. The van der Waals surface area contributed by atoms with E-state index in [1.54, 1.807) is 11.8 Å². The molecule has 2 heterocycles. The predicted molar refractivity (Wildman–Crippen MR) is 142 cm³/mol. The Balaban J connectivity index is 1.29. The van der Waals surface area contributed by atoms with Crippen molar-refractivity contribution in [1.29, 1.82) is 0 Å². The monoisotopic (exact) mass is 497 g/mol. The zero-order chi connectivity index (χ0) is 24.5. The minimum absolute atomic E-state index is 0.0214. The van der Waals surface area contributed by atoms with Crippen LogP contribution in [0.2, 0.25) is 0 Å². The minimum Gasteiger partial charge on any atom is -0.379 e. The molecule has 0 spiro atoms. The highest BCUT2D eigenvalue weighted by Gasteiger charge is 2.20. The van der Waals surface area contributed by atoms with Gasteiger partial charge in [-0.2, -0.15) is 0 Å². The molecule has 7 nitrogen and oxygen atoms in total. The van der Waals surface area contributed by atoms with Gasteiger partial charge in [-0.15, -0.1) is 0 Å². The first-order valence-electron chi connectivity index (χ1n) is 13.0. The normalized spacial score (nSPS) is 17.3. The van der Waals surface area contributed by atoms with Crippen LogP contribution in [0.15, 0.2) is 35.5 Å². The third-order valence-electron chi connectivity index (χ3n) is 6.99. The summed E-state index contributed by atoms with van der Waals surface area (Å²) in [6.07, 6.45) is 7.37. The number of thioether (sulfide) groups is 1. The Morgan fingerprint density at radius 1 is 1.14 bits per heavy atom. The summed E-state index contributed by atoms with van der Waals surface area (Å²) >= 11 is 1.66. The quantitative estimate of drug-likeness (QED) is 0.390. The lowest BCUT2D eigenvalue weighted by Crippen LogP contribution is -2.41. The summed E-state index contributed by atoms with van der Waals surface area (Å²) in [5.41, 5.74) is 2.94. The van der Waals surface area contributed by atoms with Gasteiger partial charge in [0.25, 0.3) is 5.91 Å². The van der Waals surface area contributed by atoms with E-state index in [0.29, 0.717) is 18.2 Å². The molecule has 4 rings (SSSR count). The maximum atomic E-state index is 12.5. The van der Waals surface area contributed by atoms with Gasteiger partial charge in [0.2, 0.25) is 0 Å². The number of aromatic nitrogens is 2. The van der Waals surface area contributed by atoms with Gasteiger partial charge >= 0.3 is 0 Å². The second kappa shape index (κ2) is 13.2. The van der Waals surface area contributed by atoms with Gasteiger partial charge in [-0.3, -0.25) is 9.69 Å². The van der Waals surface area contributed by atoms with Crippen molar-refractivity contribution in [3.05, 3.63) is 47.2 Å². The van der Waals surface area contributed by atoms with Crippen LogP contribution < -0.4 is 10.2 Å². The van der Waals surface area contributed by atoms with E-state index in [9.17, 15) is 4.79 Å². The van der Waals surface area contributed by atoms with E-state index in [-0.39, 0.29) is 5.91 Å². The minimum atomic E-state index is -0.0214. The second-order valence-corrected chi connectivity index (χ2v) is 10.4. The van der Waals surface area contributed by atoms with Crippen LogP contribution in [-0.2, 0) is 16.9 Å². The molecular weight excluding hydrogens is 458 g/mol. The highest BCUT2D eigenvalue weighted by atomic mass is 32.2. The Morgan fingerprint density at radius 2 is 1.89 bits per heavy atom. The number of amides is 1. The van der Waals surface area contributed by atoms with Crippen molar-refractivity contribution in [3.63, 3.8) is 0 Å². The molecule has 1 saturated carbocycles. The number of anilines is 1. The lowest BCUT2D eigenvalue weighted by atomic mass is 9.94. The summed E-state index contributed by atoms with van der Waals surface area (Å²) in [6.45, 7) is 7.08. The van der Waals surface area contributed by atoms with Gasteiger partial charge in [-0.05, 0) is 37.0 Å². The van der Waals surface area contributed by atoms with E-state index in [1.165, 1.54) is 32.1 Å². The van der Waals surface area contributed by atoms with E-state index in [1.807, 2.05) is 24.3 Å². The van der Waals surface area contributed by atoms with Crippen LogP contribution in [0.3, 0.4) is 0 Å². The molecule has 1 aliphatic heterocycles. The number of morpholine rings is 1. The molecule has 0 atom stereocenters. The number of carbonyl (C=O) groups excluding carboxylic acids is 1. The maximum absolute atomic E-state index is 12.5. The molecule has 35 heavy (non-hydrogen) atoms. The summed E-state index contributed by atoms with van der Waals surface area (Å²) in [5, 5.41) is 3.85. The largest absolute Gasteiger partial charge is 0.379 e. The van der Waals surface area contributed by atoms with Crippen LogP contribution in [0.25, 0.3) is 0 Å². The maximum Gasteiger partial charge on any atom is 0.251 e. The summed E-state index contributed by atoms with van der Waals surface area (Å²) in [6, 6.07) is 10.6. The van der Waals surface area contributed by atoms with E-state index in [2.05, 4.69) is 35.2 Å². The number of nitrogens with zero attached hydrogens (tertiary/aromatic N) is 4. The zero-order valence-corrected chi connectivity index (χ0v) is 22.0. The summed E-state index contributed by atoms with van der Waals surface area (Å²) in [7, 11) is 2.18. The van der Waals surface area contributed by atoms with Crippen molar-refractivity contribution in [2.45, 2.75) is 62.4 Å². The number of nitrogens with one attached hydrogen (secondary N) is 1. The predicted octanol–water partition coefficient (Wildman–Crippen LogP) is 4.16. The molecule has 1 amide bonds. The first kappa shape index (κ1) is 25.9. The number of hydrogen-bond donors (Lipinski definition) is 1. The lowest BCUT2D eigenvalue weighted by Gasteiger charge is -2.32. The number of hydrogen-bond acceptors (Lipinski definition) is 7. The molecule has 1 aromatic heterocycles. The molecule has 2 aliphatic rings. The van der Waals surface area contributed by atoms with Crippen LogP contribution >= 0.6 is 11.8 Å². The number of rotatable bonds is 10. The summed E-state index contributed by atoms with van der Waals surface area (Å²) < 4.78 is 5.37. The first-order chi connectivity index (χ1) is 17.1. The smallest absolute Gasteiger partial charge is 0.251 e. The number of carbonyl (C=O) groups is 1. The second-order valence-electron chi connectivity index (χ2n) is 9.45. The van der Waals surface area contributed by atoms with Gasteiger partial charge in [0.15, 0.2) is 5.16 Å². The molecule has 0 unspecified atom stereocenters. The van der Waals surface area contributed by atoms with Crippen LogP contribution in [0, 0.1) is 0 Å². The molecule has 1 aliphatic carbocycles. The van der Waals surface area contributed by atoms with Crippen LogP contribution in [0.4, 0.5) is 5.82 Å². The molecule has 0 bridgehead atoms. The van der Waals surface area contributed by atoms with E-state index < -0.39 is 0 Å². The Hall–Kier alpha value is -2.16. The Labute approximate surface area is 214 Å². The third kappa shape index (κ3) is 7.66. The van der Waals surface area contributed by atoms with Gasteiger partial charge in [-0.1, -0.05) is 50.1 Å². The summed E-state index contributed by atoms with van der Waals surface area (Å²) in [5.74, 6) is 1.79. The van der Waals surface area contributed by atoms with E-state index >= 15 is 0 Å². The van der Waals surface area contributed by atoms with Crippen molar-refractivity contribution in [3.8, 4) is 0 Å². The van der Waals surface area contributed by atoms with Crippen molar-refractivity contribution in [1.82, 2.24) is 20.2 Å². The fourth-order valence-corrected chi connectivity index (χ4v) is 5.52. The molecule has 0 radical (unpaired) electrons. The fraction of sp³-hybridized carbons (Fsp3) is 0.593. The average molecular weight is 498 g/mol.